The molecule has 0 atom stereocenters. The van der Waals surface area contributed by atoms with E-state index in [-0.39, 0.29) is 11.7 Å². The molecule has 0 aliphatic rings. The average Bonchev–Trinajstić information content (AvgIpc) is 2.98. The molecule has 0 unspecified atom stereocenters. The molecule has 0 spiro atoms. The van der Waals surface area contributed by atoms with Crippen LogP contribution in [0.5, 0.6) is 0 Å². The molecule has 0 bridgehead atoms. The number of aromatic amines is 1. The molecule has 18 heavy (non-hydrogen) atoms. The van der Waals surface area contributed by atoms with Crippen LogP contribution in [0.15, 0.2) is 28.8 Å². The topological polar surface area (TPSA) is 80.5 Å². The van der Waals surface area contributed by atoms with Gasteiger partial charge in [0.2, 0.25) is 5.82 Å². The van der Waals surface area contributed by atoms with E-state index in [2.05, 4.69) is 25.6 Å². The number of nitrogens with one attached hydrogen (secondary N) is 1. The summed E-state index contributed by atoms with van der Waals surface area (Å²) in [6.07, 6.45) is 0. The molecular formula is C11H8FN5O. The maximum Gasteiger partial charge on any atom is 0.280 e. The first-order valence-corrected chi connectivity index (χ1v) is 5.21. The summed E-state index contributed by atoms with van der Waals surface area (Å²) in [7, 11) is 0. The molecule has 0 radical (unpaired) electrons. The van der Waals surface area contributed by atoms with E-state index in [1.54, 1.807) is 19.1 Å². The number of benzene rings is 1. The van der Waals surface area contributed by atoms with Crippen LogP contribution in [0.1, 0.15) is 5.69 Å². The number of hydrogen-bond acceptors (Lipinski definition) is 5. The van der Waals surface area contributed by atoms with Crippen molar-refractivity contribution in [1.29, 1.82) is 0 Å². The Morgan fingerprint density at radius 3 is 2.61 bits per heavy atom. The minimum atomic E-state index is -0.310. The van der Waals surface area contributed by atoms with Crippen LogP contribution in [0.3, 0.4) is 0 Å². The second-order valence-corrected chi connectivity index (χ2v) is 3.69. The number of nitrogens with zero attached hydrogens (tertiary/aromatic N) is 4. The van der Waals surface area contributed by atoms with Gasteiger partial charge in [-0.15, -0.1) is 0 Å². The van der Waals surface area contributed by atoms with Gasteiger partial charge < -0.3 is 4.52 Å². The van der Waals surface area contributed by atoms with Crippen LogP contribution >= 0.6 is 0 Å². The maximum absolute atomic E-state index is 12.8. The lowest BCUT2D eigenvalue weighted by molar-refractivity contribution is 0.430. The molecular weight excluding hydrogens is 237 g/mol. The highest BCUT2D eigenvalue weighted by Gasteiger charge is 2.15. The molecule has 0 saturated heterocycles. The zero-order valence-electron chi connectivity index (χ0n) is 9.38. The molecule has 0 saturated carbocycles. The van der Waals surface area contributed by atoms with Crippen molar-refractivity contribution in [2.75, 3.05) is 0 Å². The Morgan fingerprint density at radius 2 is 1.94 bits per heavy atom. The number of aryl methyl sites for hydroxylation is 1. The van der Waals surface area contributed by atoms with E-state index < -0.39 is 0 Å². The number of aromatic nitrogens is 5. The summed E-state index contributed by atoms with van der Waals surface area (Å²) in [5, 5.41) is 14.1. The molecule has 1 N–H and O–H groups in total. The predicted molar refractivity (Wildman–Crippen MR) is 59.8 cm³/mol. The molecule has 3 rings (SSSR count). The van der Waals surface area contributed by atoms with Crippen LogP contribution in [-0.2, 0) is 0 Å². The zero-order chi connectivity index (χ0) is 12.5. The summed E-state index contributed by atoms with van der Waals surface area (Å²) >= 11 is 0. The summed E-state index contributed by atoms with van der Waals surface area (Å²) in [6.45, 7) is 1.78. The minimum absolute atomic E-state index is 0.278. The third kappa shape index (κ3) is 1.75. The second kappa shape index (κ2) is 4.02. The van der Waals surface area contributed by atoms with E-state index in [0.29, 0.717) is 22.8 Å². The summed E-state index contributed by atoms with van der Waals surface area (Å²) < 4.78 is 17.9. The van der Waals surface area contributed by atoms with Gasteiger partial charge in [0.25, 0.3) is 5.89 Å². The first kappa shape index (κ1) is 10.6. The fourth-order valence-electron chi connectivity index (χ4n) is 1.52. The normalized spacial score (nSPS) is 10.8. The summed E-state index contributed by atoms with van der Waals surface area (Å²) in [5.41, 5.74) is 1.85. The number of H-pyrrole nitrogens is 1. The van der Waals surface area contributed by atoms with Gasteiger partial charge in [0, 0.05) is 5.56 Å². The van der Waals surface area contributed by atoms with Gasteiger partial charge >= 0.3 is 0 Å². The van der Waals surface area contributed by atoms with Crippen LogP contribution < -0.4 is 0 Å². The SMILES string of the molecule is Cc1n[nH]nc1-c1nc(-c2ccc(F)cc2)no1. The smallest absolute Gasteiger partial charge is 0.280 e. The van der Waals surface area contributed by atoms with E-state index >= 15 is 0 Å². The van der Waals surface area contributed by atoms with Gasteiger partial charge in [-0.05, 0) is 31.2 Å². The van der Waals surface area contributed by atoms with Crippen molar-refractivity contribution in [2.45, 2.75) is 6.92 Å². The molecule has 1 aromatic carbocycles. The highest BCUT2D eigenvalue weighted by Crippen LogP contribution is 2.21. The molecule has 7 heteroatoms. The van der Waals surface area contributed by atoms with E-state index in [1.165, 1.54) is 12.1 Å². The van der Waals surface area contributed by atoms with Gasteiger partial charge in [0.05, 0.1) is 5.69 Å². The Kier molecular flexibility index (Phi) is 2.36. The lowest BCUT2D eigenvalue weighted by Crippen LogP contribution is -1.83. The van der Waals surface area contributed by atoms with Crippen molar-refractivity contribution < 1.29 is 8.91 Å². The van der Waals surface area contributed by atoms with Crippen LogP contribution in [0, 0.1) is 12.7 Å². The monoisotopic (exact) mass is 245 g/mol. The predicted octanol–water partition coefficient (Wildman–Crippen LogP) is 1.97. The third-order valence-electron chi connectivity index (χ3n) is 2.45. The molecule has 3 aromatic rings. The Labute approximate surface area is 101 Å². The van der Waals surface area contributed by atoms with E-state index in [1.807, 2.05) is 0 Å². The van der Waals surface area contributed by atoms with E-state index in [9.17, 15) is 4.39 Å². The third-order valence-corrected chi connectivity index (χ3v) is 2.45. The highest BCUT2D eigenvalue weighted by atomic mass is 19.1. The van der Waals surface area contributed by atoms with E-state index in [4.69, 9.17) is 4.52 Å². The van der Waals surface area contributed by atoms with Crippen molar-refractivity contribution in [3.05, 3.63) is 35.8 Å². The van der Waals surface area contributed by atoms with Gasteiger partial charge in [-0.25, -0.2) is 4.39 Å². The molecule has 90 valence electrons. The van der Waals surface area contributed by atoms with Gasteiger partial charge in [-0.2, -0.15) is 20.4 Å². The molecule has 0 fully saturated rings. The van der Waals surface area contributed by atoms with Crippen LogP contribution in [0.25, 0.3) is 23.0 Å². The Bertz CT molecular complexity index is 673. The first-order chi connectivity index (χ1) is 8.74. The highest BCUT2D eigenvalue weighted by molar-refractivity contribution is 5.58. The fourth-order valence-corrected chi connectivity index (χ4v) is 1.52. The number of halogens is 1. The molecule has 0 amide bonds. The van der Waals surface area contributed by atoms with Gasteiger partial charge in [0.1, 0.15) is 5.82 Å². The van der Waals surface area contributed by atoms with E-state index in [0.717, 1.165) is 0 Å². The quantitative estimate of drug-likeness (QED) is 0.746. The Hall–Kier alpha value is -2.57. The summed E-state index contributed by atoms with van der Waals surface area (Å²) in [4.78, 5) is 4.19. The van der Waals surface area contributed by atoms with Crippen molar-refractivity contribution in [3.63, 3.8) is 0 Å². The van der Waals surface area contributed by atoms with Gasteiger partial charge in [-0.3, -0.25) is 0 Å². The molecule has 6 nitrogen and oxygen atoms in total. The van der Waals surface area contributed by atoms with Crippen molar-refractivity contribution in [3.8, 4) is 23.0 Å². The minimum Gasteiger partial charge on any atom is -0.332 e. The molecule has 2 aromatic heterocycles. The number of rotatable bonds is 2. The average molecular weight is 245 g/mol. The van der Waals surface area contributed by atoms with Crippen molar-refractivity contribution in [2.24, 2.45) is 0 Å². The Morgan fingerprint density at radius 1 is 1.17 bits per heavy atom. The van der Waals surface area contributed by atoms with Crippen molar-refractivity contribution in [1.82, 2.24) is 25.6 Å². The van der Waals surface area contributed by atoms with Crippen LogP contribution in [0.4, 0.5) is 4.39 Å². The van der Waals surface area contributed by atoms with Crippen molar-refractivity contribution >= 4 is 0 Å². The summed E-state index contributed by atoms with van der Waals surface area (Å²) in [5.74, 6) is 0.350. The second-order valence-electron chi connectivity index (χ2n) is 3.69. The first-order valence-electron chi connectivity index (χ1n) is 5.21. The zero-order valence-corrected chi connectivity index (χ0v) is 9.38. The summed E-state index contributed by atoms with van der Waals surface area (Å²) in [6, 6.07) is 5.85. The number of hydrogen-bond donors (Lipinski definition) is 1. The van der Waals surface area contributed by atoms with Gasteiger partial charge in [-0.1, -0.05) is 5.16 Å². The maximum atomic E-state index is 12.8. The Balaban J connectivity index is 1.99. The lowest BCUT2D eigenvalue weighted by atomic mass is 10.2. The molecule has 2 heterocycles. The fraction of sp³-hybridized carbons (Fsp3) is 0.0909. The standard InChI is InChI=1S/C11H8FN5O/c1-6-9(15-17-14-6)11-13-10(16-18-11)7-2-4-8(12)5-3-7/h2-5H,1H3,(H,14,15,17). The van der Waals surface area contributed by atoms with Crippen LogP contribution in [-0.4, -0.2) is 25.6 Å². The molecule has 0 aliphatic heterocycles. The molecule has 0 aliphatic carbocycles. The van der Waals surface area contributed by atoms with Gasteiger partial charge in [0.15, 0.2) is 5.69 Å². The van der Waals surface area contributed by atoms with Crippen LogP contribution in [0.2, 0.25) is 0 Å². The lowest BCUT2D eigenvalue weighted by Gasteiger charge is -1.92. The largest absolute Gasteiger partial charge is 0.332 e.